The predicted octanol–water partition coefficient (Wildman–Crippen LogP) is 4.21. The van der Waals surface area contributed by atoms with Gasteiger partial charge in [-0.1, -0.05) is 19.3 Å². The van der Waals surface area contributed by atoms with Gasteiger partial charge in [0.15, 0.2) is 0 Å². The first-order valence-corrected chi connectivity index (χ1v) is 10.8. The summed E-state index contributed by atoms with van der Waals surface area (Å²) in [5.74, 6) is -0.536. The lowest BCUT2D eigenvalue weighted by Gasteiger charge is -2.20. The lowest BCUT2D eigenvalue weighted by atomic mass is 9.89. The summed E-state index contributed by atoms with van der Waals surface area (Å²) in [5, 5.41) is 13.1. The van der Waals surface area contributed by atoms with Crippen LogP contribution in [0, 0.1) is 5.92 Å². The summed E-state index contributed by atoms with van der Waals surface area (Å²) < 4.78 is 43.1. The third-order valence-electron chi connectivity index (χ3n) is 5.67. The number of ether oxygens (including phenoxy) is 1. The Labute approximate surface area is 192 Å². The van der Waals surface area contributed by atoms with Gasteiger partial charge in [0.2, 0.25) is 11.8 Å². The zero-order chi connectivity index (χ0) is 24.3. The molecule has 0 saturated heterocycles. The molecule has 1 aromatic carbocycles. The number of alkyl halides is 3. The van der Waals surface area contributed by atoms with Crippen LogP contribution in [0.3, 0.4) is 0 Å². The number of anilines is 1. The minimum absolute atomic E-state index is 0.0271. The molecule has 0 radical (unpaired) electrons. The van der Waals surface area contributed by atoms with Crippen molar-refractivity contribution in [2.75, 3.05) is 5.32 Å². The summed E-state index contributed by atoms with van der Waals surface area (Å²) in [6.45, 7) is 0.0868. The number of aromatic nitrogens is 3. The van der Waals surface area contributed by atoms with E-state index in [9.17, 15) is 27.9 Å². The van der Waals surface area contributed by atoms with E-state index in [1.807, 2.05) is 0 Å². The van der Waals surface area contributed by atoms with Gasteiger partial charge in [0.1, 0.15) is 11.6 Å². The normalized spacial score (nSPS) is 14.7. The average Bonchev–Trinajstić information content (AvgIpc) is 3.07. The molecule has 1 fully saturated rings. The molecule has 8 nitrogen and oxygen atoms in total. The summed E-state index contributed by atoms with van der Waals surface area (Å²) in [5.41, 5.74) is 0.250. The number of nitrogens with zero attached hydrogens (tertiary/aromatic N) is 3. The molecule has 0 bridgehead atoms. The van der Waals surface area contributed by atoms with Crippen LogP contribution in [-0.2, 0) is 11.3 Å². The quantitative estimate of drug-likeness (QED) is 0.556. The van der Waals surface area contributed by atoms with Gasteiger partial charge in [-0.25, -0.2) is 14.3 Å². The van der Waals surface area contributed by atoms with Gasteiger partial charge in [0, 0.05) is 12.1 Å². The molecule has 0 atom stereocenters. The van der Waals surface area contributed by atoms with E-state index in [0.717, 1.165) is 48.8 Å². The Kier molecular flexibility index (Phi) is 6.62. The Hall–Kier alpha value is -3.76. The number of hydrogen-bond donors (Lipinski definition) is 2. The van der Waals surface area contributed by atoms with Gasteiger partial charge in [-0.05, 0) is 54.8 Å². The summed E-state index contributed by atoms with van der Waals surface area (Å²) >= 11 is 0. The first kappa shape index (κ1) is 23.4. The van der Waals surface area contributed by atoms with Crippen molar-refractivity contribution >= 4 is 11.7 Å². The van der Waals surface area contributed by atoms with Gasteiger partial charge >= 0.3 is 12.1 Å². The molecule has 180 valence electrons. The molecule has 0 spiro atoms. The van der Waals surface area contributed by atoms with Crippen LogP contribution in [0.5, 0.6) is 11.6 Å². The van der Waals surface area contributed by atoms with Crippen LogP contribution in [0.1, 0.15) is 37.7 Å². The minimum Gasteiger partial charge on any atom is -0.493 e. The summed E-state index contributed by atoms with van der Waals surface area (Å²) in [4.78, 5) is 29.5. The maximum absolute atomic E-state index is 12.8. The van der Waals surface area contributed by atoms with E-state index < -0.39 is 17.8 Å². The summed E-state index contributed by atoms with van der Waals surface area (Å²) in [7, 11) is 0. The molecule has 2 heterocycles. The van der Waals surface area contributed by atoms with E-state index in [1.54, 1.807) is 12.1 Å². The summed E-state index contributed by atoms with van der Waals surface area (Å²) in [6.07, 6.45) is 2.84. The molecule has 11 heteroatoms. The molecule has 1 saturated carbocycles. The van der Waals surface area contributed by atoms with Crippen LogP contribution in [0.15, 0.2) is 53.6 Å². The van der Waals surface area contributed by atoms with Crippen LogP contribution < -0.4 is 15.7 Å². The van der Waals surface area contributed by atoms with Crippen LogP contribution in [0.2, 0.25) is 0 Å². The van der Waals surface area contributed by atoms with Crippen molar-refractivity contribution in [3.05, 3.63) is 64.8 Å². The standard InChI is InChI=1S/C23H23F3N4O4/c24-23(25,26)34-18-8-6-17(7-9-18)30-20(31)14-29(22(30)33)13-15-10-11-27-19(12-15)28-21(32)16-4-2-1-3-5-16/h6-12,14,16,31H,1-5,13H2,(H,27,28,32). The molecule has 34 heavy (non-hydrogen) atoms. The highest BCUT2D eigenvalue weighted by molar-refractivity contribution is 5.91. The Balaban J connectivity index is 1.49. The van der Waals surface area contributed by atoms with Crippen LogP contribution in [0.25, 0.3) is 5.69 Å². The highest BCUT2D eigenvalue weighted by Crippen LogP contribution is 2.26. The molecule has 2 aromatic heterocycles. The van der Waals surface area contributed by atoms with Crippen molar-refractivity contribution in [3.8, 4) is 17.3 Å². The number of nitrogens with one attached hydrogen (secondary N) is 1. The van der Waals surface area contributed by atoms with Crippen LogP contribution in [-0.4, -0.2) is 31.5 Å². The fourth-order valence-corrected chi connectivity index (χ4v) is 4.06. The van der Waals surface area contributed by atoms with Crippen molar-refractivity contribution in [2.45, 2.75) is 45.0 Å². The Bertz CT molecular complexity index is 1210. The first-order valence-electron chi connectivity index (χ1n) is 10.8. The van der Waals surface area contributed by atoms with Gasteiger partial charge in [-0.3, -0.25) is 9.36 Å². The molecule has 3 aromatic rings. The maximum Gasteiger partial charge on any atom is 0.573 e. The van der Waals surface area contributed by atoms with E-state index in [0.29, 0.717) is 11.4 Å². The van der Waals surface area contributed by atoms with Gasteiger partial charge < -0.3 is 15.2 Å². The molecule has 0 unspecified atom stereocenters. The summed E-state index contributed by atoms with van der Waals surface area (Å²) in [6, 6.07) is 7.91. The van der Waals surface area contributed by atoms with E-state index in [2.05, 4.69) is 15.0 Å². The fourth-order valence-electron chi connectivity index (χ4n) is 4.06. The predicted molar refractivity (Wildman–Crippen MR) is 117 cm³/mol. The van der Waals surface area contributed by atoms with Crippen molar-refractivity contribution in [1.29, 1.82) is 0 Å². The number of imidazole rings is 1. The van der Waals surface area contributed by atoms with Gasteiger partial charge in [0.05, 0.1) is 18.4 Å². The lowest BCUT2D eigenvalue weighted by molar-refractivity contribution is -0.274. The highest BCUT2D eigenvalue weighted by Gasteiger charge is 2.31. The molecule has 2 N–H and O–H groups in total. The number of carbonyl (C=O) groups is 1. The second-order valence-electron chi connectivity index (χ2n) is 8.15. The number of halogens is 3. The molecule has 0 aliphatic heterocycles. The van der Waals surface area contributed by atoms with Gasteiger partial charge in [-0.15, -0.1) is 13.2 Å². The molecular formula is C23H23F3N4O4. The molecule has 1 amide bonds. The maximum atomic E-state index is 12.8. The monoisotopic (exact) mass is 476 g/mol. The first-order chi connectivity index (χ1) is 16.2. The van der Waals surface area contributed by atoms with Crippen molar-refractivity contribution < 1.29 is 27.8 Å². The number of pyridine rings is 1. The lowest BCUT2D eigenvalue weighted by Crippen LogP contribution is -2.25. The number of hydrogen-bond acceptors (Lipinski definition) is 5. The van der Waals surface area contributed by atoms with Crippen molar-refractivity contribution in [3.63, 3.8) is 0 Å². The highest BCUT2D eigenvalue weighted by atomic mass is 19.4. The van der Waals surface area contributed by atoms with E-state index in [1.165, 1.54) is 29.1 Å². The second-order valence-corrected chi connectivity index (χ2v) is 8.15. The van der Waals surface area contributed by atoms with E-state index in [4.69, 9.17) is 0 Å². The third kappa shape index (κ3) is 5.59. The van der Waals surface area contributed by atoms with Crippen LogP contribution >= 0.6 is 0 Å². The molecule has 1 aliphatic carbocycles. The van der Waals surface area contributed by atoms with Gasteiger partial charge in [-0.2, -0.15) is 0 Å². The number of benzene rings is 1. The number of carbonyl (C=O) groups excluding carboxylic acids is 1. The molecular weight excluding hydrogens is 453 g/mol. The fraction of sp³-hybridized carbons (Fsp3) is 0.348. The average molecular weight is 476 g/mol. The second kappa shape index (κ2) is 9.62. The zero-order valence-electron chi connectivity index (χ0n) is 18.1. The Morgan fingerprint density at radius 2 is 1.85 bits per heavy atom. The molecule has 4 rings (SSSR count). The third-order valence-corrected chi connectivity index (χ3v) is 5.67. The number of rotatable bonds is 6. The van der Waals surface area contributed by atoms with Crippen molar-refractivity contribution in [2.24, 2.45) is 5.92 Å². The number of amides is 1. The van der Waals surface area contributed by atoms with E-state index >= 15 is 0 Å². The topological polar surface area (TPSA) is 98.4 Å². The Morgan fingerprint density at radius 1 is 1.15 bits per heavy atom. The van der Waals surface area contributed by atoms with E-state index in [-0.39, 0.29) is 29.9 Å². The van der Waals surface area contributed by atoms with Crippen molar-refractivity contribution in [1.82, 2.24) is 14.1 Å². The van der Waals surface area contributed by atoms with Crippen LogP contribution in [0.4, 0.5) is 19.0 Å². The zero-order valence-corrected chi connectivity index (χ0v) is 18.1. The SMILES string of the molecule is O=C(Nc1cc(Cn2cc(O)n(-c3ccc(OC(F)(F)F)cc3)c2=O)ccn1)C1CCCCC1. The van der Waals surface area contributed by atoms with Gasteiger partial charge in [0.25, 0.3) is 0 Å². The Morgan fingerprint density at radius 3 is 2.53 bits per heavy atom. The minimum atomic E-state index is -4.83. The largest absolute Gasteiger partial charge is 0.573 e. The molecule has 1 aliphatic rings. The smallest absolute Gasteiger partial charge is 0.493 e. The number of aromatic hydroxyl groups is 1.